The average molecular weight is 337 g/mol. The molecule has 5 heteroatoms. The van der Waals surface area contributed by atoms with Gasteiger partial charge >= 0.3 is 5.69 Å². The zero-order valence-corrected chi connectivity index (χ0v) is 14.6. The Morgan fingerprint density at radius 2 is 1.64 bits per heavy atom. The van der Waals surface area contributed by atoms with Gasteiger partial charge in [-0.15, -0.1) is 0 Å². The Bertz CT molecular complexity index is 890. The second kappa shape index (κ2) is 7.38. The van der Waals surface area contributed by atoms with E-state index in [0.29, 0.717) is 19.5 Å². The number of rotatable bonds is 6. The largest absolute Gasteiger partial charge is 0.508 e. The lowest BCUT2D eigenvalue weighted by Gasteiger charge is -2.04. The zero-order valence-electron chi connectivity index (χ0n) is 14.6. The summed E-state index contributed by atoms with van der Waals surface area (Å²) in [7, 11) is 0. The van der Waals surface area contributed by atoms with Gasteiger partial charge in [0.05, 0.1) is 6.54 Å². The molecule has 0 fully saturated rings. The maximum atomic E-state index is 12.7. The van der Waals surface area contributed by atoms with Crippen LogP contribution in [0.3, 0.4) is 0 Å². The van der Waals surface area contributed by atoms with E-state index in [1.54, 1.807) is 16.7 Å². The zero-order chi connectivity index (χ0) is 17.8. The molecule has 1 aromatic heterocycles. The number of nitrogens with zero attached hydrogens (tertiary/aromatic N) is 3. The SMILES string of the molecule is CCCn1c(Cc2ccc(O)cc2)nn(Cc2ccc(C)cc2)c1=O. The van der Waals surface area contributed by atoms with Gasteiger partial charge in [-0.25, -0.2) is 9.48 Å². The topological polar surface area (TPSA) is 60.0 Å². The molecule has 0 spiro atoms. The second-order valence-corrected chi connectivity index (χ2v) is 6.34. The van der Waals surface area contributed by atoms with Crippen molar-refractivity contribution in [2.75, 3.05) is 0 Å². The van der Waals surface area contributed by atoms with Crippen LogP contribution in [0.5, 0.6) is 5.75 Å². The van der Waals surface area contributed by atoms with Crippen LogP contribution in [0.25, 0.3) is 0 Å². The fourth-order valence-corrected chi connectivity index (χ4v) is 2.83. The van der Waals surface area contributed by atoms with E-state index in [-0.39, 0.29) is 11.4 Å². The van der Waals surface area contributed by atoms with Gasteiger partial charge in [-0.3, -0.25) is 4.57 Å². The van der Waals surface area contributed by atoms with Crippen LogP contribution in [0.15, 0.2) is 53.3 Å². The van der Waals surface area contributed by atoms with Crippen molar-refractivity contribution >= 4 is 0 Å². The quantitative estimate of drug-likeness (QED) is 0.752. The van der Waals surface area contributed by atoms with Gasteiger partial charge in [0.15, 0.2) is 0 Å². The molecule has 0 unspecified atom stereocenters. The lowest BCUT2D eigenvalue weighted by Crippen LogP contribution is -2.26. The highest BCUT2D eigenvalue weighted by molar-refractivity contribution is 5.28. The summed E-state index contributed by atoms with van der Waals surface area (Å²) in [6.45, 7) is 5.22. The first-order valence-corrected chi connectivity index (χ1v) is 8.57. The molecule has 0 saturated carbocycles. The maximum absolute atomic E-state index is 12.7. The molecule has 130 valence electrons. The van der Waals surface area contributed by atoms with E-state index in [1.807, 2.05) is 50.2 Å². The maximum Gasteiger partial charge on any atom is 0.346 e. The molecule has 0 aliphatic rings. The molecule has 0 amide bonds. The number of benzene rings is 2. The molecule has 0 bridgehead atoms. The van der Waals surface area contributed by atoms with E-state index in [1.165, 1.54) is 10.2 Å². The van der Waals surface area contributed by atoms with Crippen molar-refractivity contribution in [3.05, 3.63) is 81.5 Å². The highest BCUT2D eigenvalue weighted by Crippen LogP contribution is 2.13. The van der Waals surface area contributed by atoms with Crippen molar-refractivity contribution < 1.29 is 5.11 Å². The van der Waals surface area contributed by atoms with Crippen molar-refractivity contribution in [3.63, 3.8) is 0 Å². The molecule has 0 atom stereocenters. The van der Waals surface area contributed by atoms with Gasteiger partial charge in [0.2, 0.25) is 0 Å². The van der Waals surface area contributed by atoms with Gasteiger partial charge in [-0.2, -0.15) is 5.10 Å². The number of aryl methyl sites for hydroxylation is 1. The first kappa shape index (κ1) is 17.0. The molecule has 0 radical (unpaired) electrons. The summed E-state index contributed by atoms with van der Waals surface area (Å²) >= 11 is 0. The third kappa shape index (κ3) is 3.99. The minimum absolute atomic E-state index is 0.0730. The van der Waals surface area contributed by atoms with Crippen LogP contribution in [-0.2, 0) is 19.5 Å². The third-order valence-electron chi connectivity index (χ3n) is 4.20. The third-order valence-corrected chi connectivity index (χ3v) is 4.20. The van der Waals surface area contributed by atoms with E-state index in [9.17, 15) is 9.90 Å². The van der Waals surface area contributed by atoms with Crippen LogP contribution in [0.2, 0.25) is 0 Å². The second-order valence-electron chi connectivity index (χ2n) is 6.34. The van der Waals surface area contributed by atoms with Crippen LogP contribution >= 0.6 is 0 Å². The van der Waals surface area contributed by atoms with Crippen LogP contribution in [0.1, 0.15) is 35.9 Å². The number of aromatic nitrogens is 3. The number of aromatic hydroxyl groups is 1. The summed E-state index contributed by atoms with van der Waals surface area (Å²) in [5, 5.41) is 14.0. The molecule has 2 aromatic carbocycles. The molecule has 5 nitrogen and oxygen atoms in total. The highest BCUT2D eigenvalue weighted by Gasteiger charge is 2.13. The number of hydrogen-bond acceptors (Lipinski definition) is 3. The summed E-state index contributed by atoms with van der Waals surface area (Å²) in [4.78, 5) is 12.7. The number of phenolic OH excluding ortho intramolecular Hbond substituents is 1. The van der Waals surface area contributed by atoms with Crippen LogP contribution in [0.4, 0.5) is 0 Å². The smallest absolute Gasteiger partial charge is 0.346 e. The minimum atomic E-state index is -0.0730. The Morgan fingerprint density at radius 3 is 2.28 bits per heavy atom. The summed E-state index contributed by atoms with van der Waals surface area (Å²) in [5.41, 5.74) is 3.20. The first-order valence-electron chi connectivity index (χ1n) is 8.57. The van der Waals surface area contributed by atoms with Gasteiger partial charge in [0, 0.05) is 13.0 Å². The fourth-order valence-electron chi connectivity index (χ4n) is 2.83. The van der Waals surface area contributed by atoms with Crippen molar-refractivity contribution in [1.82, 2.24) is 14.3 Å². The van der Waals surface area contributed by atoms with Crippen molar-refractivity contribution in [1.29, 1.82) is 0 Å². The molecule has 0 saturated heterocycles. The predicted molar refractivity (Wildman–Crippen MR) is 98.0 cm³/mol. The van der Waals surface area contributed by atoms with E-state index >= 15 is 0 Å². The van der Waals surface area contributed by atoms with Gasteiger partial charge < -0.3 is 5.11 Å². The van der Waals surface area contributed by atoms with Gasteiger partial charge in [-0.1, -0.05) is 48.9 Å². The lowest BCUT2D eigenvalue weighted by molar-refractivity contribution is 0.475. The van der Waals surface area contributed by atoms with E-state index in [4.69, 9.17) is 0 Å². The molecule has 1 heterocycles. The van der Waals surface area contributed by atoms with Crippen LogP contribution < -0.4 is 5.69 Å². The van der Waals surface area contributed by atoms with E-state index in [2.05, 4.69) is 5.10 Å². The van der Waals surface area contributed by atoms with E-state index < -0.39 is 0 Å². The molecular weight excluding hydrogens is 314 g/mol. The molecule has 25 heavy (non-hydrogen) atoms. The summed E-state index contributed by atoms with van der Waals surface area (Å²) < 4.78 is 3.29. The molecule has 0 aliphatic carbocycles. The molecular formula is C20H23N3O2. The van der Waals surface area contributed by atoms with E-state index in [0.717, 1.165) is 23.4 Å². The average Bonchev–Trinajstić information content (AvgIpc) is 2.88. The Hall–Kier alpha value is -2.82. The van der Waals surface area contributed by atoms with Crippen LogP contribution in [0, 0.1) is 6.92 Å². The van der Waals surface area contributed by atoms with Gasteiger partial charge in [-0.05, 0) is 36.6 Å². The standard InChI is InChI=1S/C20H23N3O2/c1-3-12-22-19(13-16-8-10-18(24)11-9-16)21-23(20(22)25)14-17-6-4-15(2)5-7-17/h4-11,24H,3,12-14H2,1-2H3. The molecule has 3 rings (SSSR count). The Morgan fingerprint density at radius 1 is 1.00 bits per heavy atom. The lowest BCUT2D eigenvalue weighted by atomic mass is 10.1. The normalized spacial score (nSPS) is 11.0. The number of phenols is 1. The monoisotopic (exact) mass is 337 g/mol. The molecule has 1 N–H and O–H groups in total. The van der Waals surface area contributed by atoms with Crippen molar-refractivity contribution in [2.24, 2.45) is 0 Å². The van der Waals surface area contributed by atoms with Gasteiger partial charge in [0.1, 0.15) is 11.6 Å². The summed E-state index contributed by atoms with van der Waals surface area (Å²) in [6.07, 6.45) is 1.44. The Balaban J connectivity index is 1.90. The highest BCUT2D eigenvalue weighted by atomic mass is 16.3. The molecule has 3 aromatic rings. The van der Waals surface area contributed by atoms with Crippen molar-refractivity contribution in [2.45, 2.75) is 39.8 Å². The summed E-state index contributed by atoms with van der Waals surface area (Å²) in [5.74, 6) is 0.990. The predicted octanol–water partition coefficient (Wildman–Crippen LogP) is 3.11. The summed E-state index contributed by atoms with van der Waals surface area (Å²) in [6, 6.07) is 15.2. The first-order chi connectivity index (χ1) is 12.1. The Kier molecular flexibility index (Phi) is 5.03. The molecule has 0 aliphatic heterocycles. The van der Waals surface area contributed by atoms with Crippen LogP contribution in [-0.4, -0.2) is 19.5 Å². The van der Waals surface area contributed by atoms with Crippen molar-refractivity contribution in [3.8, 4) is 5.75 Å². The number of hydrogen-bond donors (Lipinski definition) is 1. The fraction of sp³-hybridized carbons (Fsp3) is 0.300. The minimum Gasteiger partial charge on any atom is -0.508 e. The Labute approximate surface area is 147 Å². The van der Waals surface area contributed by atoms with Gasteiger partial charge in [0.25, 0.3) is 0 Å².